The lowest BCUT2D eigenvalue weighted by atomic mass is 10.1. The molecule has 0 fully saturated rings. The maximum absolute atomic E-state index is 12.4. The minimum atomic E-state index is -3.49. The number of carbonyl (C=O) groups is 1. The summed E-state index contributed by atoms with van der Waals surface area (Å²) in [5, 5.41) is 2.79. The summed E-state index contributed by atoms with van der Waals surface area (Å²) in [4.78, 5) is 12.1. The van der Waals surface area contributed by atoms with E-state index in [9.17, 15) is 13.2 Å². The van der Waals surface area contributed by atoms with E-state index in [0.717, 1.165) is 22.4 Å². The average molecular weight is 360 g/mol. The van der Waals surface area contributed by atoms with E-state index in [1.54, 1.807) is 0 Å². The maximum atomic E-state index is 12.4. The SMILES string of the molecule is Cc1ccc(C)c(NC(=O)CCS(=O)(=O)N(C)Cc2ccccc2)c1. The second-order valence-electron chi connectivity index (χ2n) is 6.17. The molecule has 5 nitrogen and oxygen atoms in total. The number of sulfonamides is 1. The number of amides is 1. The molecule has 134 valence electrons. The Balaban J connectivity index is 1.92. The van der Waals surface area contributed by atoms with Crippen LogP contribution in [0.2, 0.25) is 0 Å². The highest BCUT2D eigenvalue weighted by molar-refractivity contribution is 7.89. The zero-order valence-corrected chi connectivity index (χ0v) is 15.6. The number of benzene rings is 2. The molecule has 0 saturated heterocycles. The van der Waals surface area contributed by atoms with Crippen molar-refractivity contribution in [2.24, 2.45) is 0 Å². The Kier molecular flexibility index (Phi) is 6.33. The first-order valence-corrected chi connectivity index (χ1v) is 9.74. The Morgan fingerprint density at radius 2 is 1.76 bits per heavy atom. The Morgan fingerprint density at radius 1 is 1.08 bits per heavy atom. The fraction of sp³-hybridized carbons (Fsp3) is 0.316. The fourth-order valence-electron chi connectivity index (χ4n) is 2.40. The molecule has 0 bridgehead atoms. The van der Waals surface area contributed by atoms with Gasteiger partial charge in [0.1, 0.15) is 0 Å². The van der Waals surface area contributed by atoms with Crippen LogP contribution in [-0.4, -0.2) is 31.4 Å². The van der Waals surface area contributed by atoms with Gasteiger partial charge in [-0.2, -0.15) is 0 Å². The van der Waals surface area contributed by atoms with Crippen LogP contribution < -0.4 is 5.32 Å². The van der Waals surface area contributed by atoms with Crippen LogP contribution in [0.25, 0.3) is 0 Å². The van der Waals surface area contributed by atoms with Gasteiger partial charge in [-0.05, 0) is 36.6 Å². The van der Waals surface area contributed by atoms with E-state index in [2.05, 4.69) is 5.32 Å². The fourth-order valence-corrected chi connectivity index (χ4v) is 3.50. The van der Waals surface area contributed by atoms with E-state index in [1.807, 2.05) is 62.4 Å². The predicted molar refractivity (Wildman–Crippen MR) is 101 cm³/mol. The van der Waals surface area contributed by atoms with E-state index in [1.165, 1.54) is 11.4 Å². The standard InChI is InChI=1S/C19H24N2O3S/c1-15-9-10-16(2)18(13-15)20-19(22)11-12-25(23,24)21(3)14-17-7-5-4-6-8-17/h4-10,13H,11-12,14H2,1-3H3,(H,20,22). The number of hydrogen-bond donors (Lipinski definition) is 1. The molecule has 1 amide bonds. The Bertz CT molecular complexity index is 833. The molecule has 25 heavy (non-hydrogen) atoms. The number of nitrogens with one attached hydrogen (secondary N) is 1. The Hall–Kier alpha value is -2.18. The van der Waals surface area contributed by atoms with Gasteiger partial charge in [-0.1, -0.05) is 42.5 Å². The van der Waals surface area contributed by atoms with Crippen molar-refractivity contribution >= 4 is 21.6 Å². The first-order chi connectivity index (χ1) is 11.8. The monoisotopic (exact) mass is 360 g/mol. The van der Waals surface area contributed by atoms with E-state index in [4.69, 9.17) is 0 Å². The van der Waals surface area contributed by atoms with Crippen LogP contribution in [0.4, 0.5) is 5.69 Å². The molecule has 0 unspecified atom stereocenters. The summed E-state index contributed by atoms with van der Waals surface area (Å²) in [6, 6.07) is 15.1. The normalized spacial score (nSPS) is 11.5. The highest BCUT2D eigenvalue weighted by Crippen LogP contribution is 2.17. The molecule has 2 aromatic carbocycles. The summed E-state index contributed by atoms with van der Waals surface area (Å²) in [7, 11) is -1.96. The lowest BCUT2D eigenvalue weighted by Gasteiger charge is -2.17. The van der Waals surface area contributed by atoms with E-state index in [-0.39, 0.29) is 18.1 Å². The van der Waals surface area contributed by atoms with Crippen LogP contribution >= 0.6 is 0 Å². The first kappa shape index (κ1) is 19.1. The summed E-state index contributed by atoms with van der Waals surface area (Å²) >= 11 is 0. The van der Waals surface area contributed by atoms with Gasteiger partial charge in [0.25, 0.3) is 0 Å². The van der Waals surface area contributed by atoms with Gasteiger partial charge in [-0.3, -0.25) is 4.79 Å². The molecule has 0 atom stereocenters. The van der Waals surface area contributed by atoms with Crippen LogP contribution in [-0.2, 0) is 21.4 Å². The lowest BCUT2D eigenvalue weighted by Crippen LogP contribution is -2.30. The lowest BCUT2D eigenvalue weighted by molar-refractivity contribution is -0.115. The molecule has 2 aromatic rings. The van der Waals surface area contributed by atoms with Crippen LogP contribution in [0, 0.1) is 13.8 Å². The van der Waals surface area contributed by atoms with Crippen molar-refractivity contribution in [3.8, 4) is 0 Å². The third-order valence-electron chi connectivity index (χ3n) is 3.98. The molecular weight excluding hydrogens is 336 g/mol. The van der Waals surface area contributed by atoms with Crippen molar-refractivity contribution in [1.29, 1.82) is 0 Å². The molecule has 0 aliphatic rings. The third-order valence-corrected chi connectivity index (χ3v) is 5.78. The number of aryl methyl sites for hydroxylation is 2. The summed E-state index contributed by atoms with van der Waals surface area (Å²) in [5.74, 6) is -0.516. The Labute approximate surface area is 149 Å². The predicted octanol–water partition coefficient (Wildman–Crippen LogP) is 3.09. The van der Waals surface area contributed by atoms with Crippen molar-refractivity contribution in [3.63, 3.8) is 0 Å². The zero-order valence-electron chi connectivity index (χ0n) is 14.8. The van der Waals surface area contributed by atoms with Gasteiger partial charge in [-0.15, -0.1) is 0 Å². The van der Waals surface area contributed by atoms with Gasteiger partial charge < -0.3 is 5.32 Å². The van der Waals surface area contributed by atoms with Crippen LogP contribution in [0.3, 0.4) is 0 Å². The highest BCUT2D eigenvalue weighted by atomic mass is 32.2. The number of carbonyl (C=O) groups excluding carboxylic acids is 1. The number of rotatable bonds is 7. The molecule has 0 heterocycles. The molecule has 0 aliphatic carbocycles. The van der Waals surface area contributed by atoms with Crippen molar-refractivity contribution in [2.75, 3.05) is 18.1 Å². The first-order valence-electron chi connectivity index (χ1n) is 8.13. The molecule has 0 aromatic heterocycles. The summed E-state index contributed by atoms with van der Waals surface area (Å²) in [5.41, 5.74) is 3.62. The number of nitrogens with zero attached hydrogens (tertiary/aromatic N) is 1. The molecule has 0 radical (unpaired) electrons. The minimum absolute atomic E-state index is 0.0746. The van der Waals surface area contributed by atoms with Gasteiger partial charge in [0, 0.05) is 25.7 Å². The van der Waals surface area contributed by atoms with Gasteiger partial charge in [-0.25, -0.2) is 12.7 Å². The van der Waals surface area contributed by atoms with Crippen molar-refractivity contribution < 1.29 is 13.2 Å². The maximum Gasteiger partial charge on any atom is 0.225 e. The Morgan fingerprint density at radius 3 is 2.44 bits per heavy atom. The van der Waals surface area contributed by atoms with Gasteiger partial charge >= 0.3 is 0 Å². The molecular formula is C19H24N2O3S. The van der Waals surface area contributed by atoms with Crippen molar-refractivity contribution in [1.82, 2.24) is 4.31 Å². The summed E-state index contributed by atoms with van der Waals surface area (Å²) < 4.78 is 26.0. The zero-order chi connectivity index (χ0) is 18.4. The van der Waals surface area contributed by atoms with Gasteiger partial charge in [0.05, 0.1) is 5.75 Å². The van der Waals surface area contributed by atoms with E-state index >= 15 is 0 Å². The van der Waals surface area contributed by atoms with Crippen LogP contribution in [0.1, 0.15) is 23.1 Å². The quantitative estimate of drug-likeness (QED) is 0.825. The third kappa shape index (κ3) is 5.69. The molecule has 0 saturated carbocycles. The second kappa shape index (κ2) is 8.27. The second-order valence-corrected chi connectivity index (χ2v) is 8.37. The van der Waals surface area contributed by atoms with E-state index in [0.29, 0.717) is 6.54 Å². The highest BCUT2D eigenvalue weighted by Gasteiger charge is 2.19. The molecule has 0 aliphatic heterocycles. The topological polar surface area (TPSA) is 66.5 Å². The van der Waals surface area contributed by atoms with Crippen molar-refractivity contribution in [2.45, 2.75) is 26.8 Å². The molecule has 2 rings (SSSR count). The van der Waals surface area contributed by atoms with Gasteiger partial charge in [0.15, 0.2) is 0 Å². The number of anilines is 1. The van der Waals surface area contributed by atoms with Crippen molar-refractivity contribution in [3.05, 3.63) is 65.2 Å². The largest absolute Gasteiger partial charge is 0.326 e. The van der Waals surface area contributed by atoms with Crippen LogP contribution in [0.15, 0.2) is 48.5 Å². The molecule has 6 heteroatoms. The smallest absolute Gasteiger partial charge is 0.225 e. The number of hydrogen-bond acceptors (Lipinski definition) is 3. The minimum Gasteiger partial charge on any atom is -0.326 e. The summed E-state index contributed by atoms with van der Waals surface area (Å²) in [6.45, 7) is 4.14. The summed E-state index contributed by atoms with van der Waals surface area (Å²) in [6.07, 6.45) is -0.0746. The average Bonchev–Trinajstić information content (AvgIpc) is 2.57. The van der Waals surface area contributed by atoms with E-state index < -0.39 is 10.0 Å². The van der Waals surface area contributed by atoms with Crippen LogP contribution in [0.5, 0.6) is 0 Å². The van der Waals surface area contributed by atoms with Gasteiger partial charge in [0.2, 0.25) is 15.9 Å². The molecule has 1 N–H and O–H groups in total. The molecule has 0 spiro atoms.